The SMILES string of the molecule is CC(C)CN=C(N)NCC(C)Oc1cccc(Cl)c1.I. The van der Waals surface area contributed by atoms with Crippen LogP contribution in [0.3, 0.4) is 0 Å². The van der Waals surface area contributed by atoms with Crippen molar-refractivity contribution in [3.05, 3.63) is 29.3 Å². The molecular formula is C14H23ClIN3O. The van der Waals surface area contributed by atoms with Gasteiger partial charge in [0.2, 0.25) is 0 Å². The van der Waals surface area contributed by atoms with Crippen LogP contribution in [0.2, 0.25) is 5.02 Å². The van der Waals surface area contributed by atoms with E-state index in [-0.39, 0.29) is 30.1 Å². The molecule has 1 aromatic rings. The molecule has 1 rings (SSSR count). The first-order valence-corrected chi connectivity index (χ1v) is 6.81. The molecule has 3 N–H and O–H groups in total. The van der Waals surface area contributed by atoms with E-state index in [4.69, 9.17) is 22.1 Å². The molecule has 0 aliphatic carbocycles. The topological polar surface area (TPSA) is 59.6 Å². The van der Waals surface area contributed by atoms with Gasteiger partial charge in [-0.25, -0.2) is 0 Å². The number of hydrogen-bond acceptors (Lipinski definition) is 2. The lowest BCUT2D eigenvalue weighted by molar-refractivity contribution is 0.224. The first-order chi connectivity index (χ1) is 8.97. The summed E-state index contributed by atoms with van der Waals surface area (Å²) in [4.78, 5) is 4.22. The van der Waals surface area contributed by atoms with Gasteiger partial charge in [0.05, 0.1) is 6.54 Å². The predicted octanol–water partition coefficient (Wildman–Crippen LogP) is 3.29. The molecule has 1 atom stereocenters. The highest BCUT2D eigenvalue weighted by Gasteiger charge is 2.05. The van der Waals surface area contributed by atoms with Crippen LogP contribution in [0.15, 0.2) is 29.3 Å². The van der Waals surface area contributed by atoms with E-state index in [9.17, 15) is 0 Å². The Morgan fingerprint density at radius 1 is 1.40 bits per heavy atom. The number of rotatable bonds is 6. The Labute approximate surface area is 143 Å². The molecule has 0 spiro atoms. The largest absolute Gasteiger partial charge is 0.489 e. The third-order valence-electron chi connectivity index (χ3n) is 2.33. The zero-order valence-electron chi connectivity index (χ0n) is 12.1. The summed E-state index contributed by atoms with van der Waals surface area (Å²) < 4.78 is 5.71. The van der Waals surface area contributed by atoms with E-state index in [1.54, 1.807) is 6.07 Å². The van der Waals surface area contributed by atoms with Crippen molar-refractivity contribution in [2.45, 2.75) is 26.9 Å². The molecule has 1 unspecified atom stereocenters. The number of benzene rings is 1. The first kappa shape index (κ1) is 19.3. The van der Waals surface area contributed by atoms with Crippen LogP contribution in [0.25, 0.3) is 0 Å². The van der Waals surface area contributed by atoms with Crippen molar-refractivity contribution in [2.75, 3.05) is 13.1 Å². The minimum absolute atomic E-state index is 0. The Balaban J connectivity index is 0.00000361. The first-order valence-electron chi connectivity index (χ1n) is 6.43. The second-order valence-electron chi connectivity index (χ2n) is 4.89. The van der Waals surface area contributed by atoms with Gasteiger partial charge in [0.25, 0.3) is 0 Å². The van der Waals surface area contributed by atoms with Crippen LogP contribution in [-0.4, -0.2) is 25.2 Å². The highest BCUT2D eigenvalue weighted by atomic mass is 127. The van der Waals surface area contributed by atoms with Crippen LogP contribution in [0.5, 0.6) is 5.75 Å². The number of nitrogens with one attached hydrogen (secondary N) is 1. The second-order valence-corrected chi connectivity index (χ2v) is 5.32. The van der Waals surface area contributed by atoms with Crippen LogP contribution >= 0.6 is 35.6 Å². The van der Waals surface area contributed by atoms with Crippen LogP contribution in [0.1, 0.15) is 20.8 Å². The third kappa shape index (κ3) is 8.47. The van der Waals surface area contributed by atoms with Gasteiger partial charge in [-0.15, -0.1) is 24.0 Å². The molecule has 20 heavy (non-hydrogen) atoms. The summed E-state index contributed by atoms with van der Waals surface area (Å²) in [5.74, 6) is 1.70. The van der Waals surface area contributed by atoms with Gasteiger partial charge in [-0.3, -0.25) is 4.99 Å². The van der Waals surface area contributed by atoms with Crippen LogP contribution in [-0.2, 0) is 0 Å². The minimum atomic E-state index is -0.0220. The van der Waals surface area contributed by atoms with Gasteiger partial charge in [-0.2, -0.15) is 0 Å². The zero-order valence-corrected chi connectivity index (χ0v) is 15.2. The highest BCUT2D eigenvalue weighted by molar-refractivity contribution is 14.0. The van der Waals surface area contributed by atoms with Gasteiger partial charge in [-0.05, 0) is 31.0 Å². The zero-order chi connectivity index (χ0) is 14.3. The van der Waals surface area contributed by atoms with Gasteiger partial charge in [0.15, 0.2) is 5.96 Å². The lowest BCUT2D eigenvalue weighted by Crippen LogP contribution is -2.38. The van der Waals surface area contributed by atoms with E-state index in [1.165, 1.54) is 0 Å². The fourth-order valence-corrected chi connectivity index (χ4v) is 1.58. The summed E-state index contributed by atoms with van der Waals surface area (Å²) in [7, 11) is 0. The number of guanidine groups is 1. The number of nitrogens with zero attached hydrogens (tertiary/aromatic N) is 1. The summed E-state index contributed by atoms with van der Waals surface area (Å²) in [6.45, 7) is 7.48. The third-order valence-corrected chi connectivity index (χ3v) is 2.57. The van der Waals surface area contributed by atoms with Crippen LogP contribution < -0.4 is 15.8 Å². The summed E-state index contributed by atoms with van der Waals surface area (Å²) in [6.07, 6.45) is -0.0220. The van der Waals surface area contributed by atoms with Crippen molar-refractivity contribution >= 4 is 41.5 Å². The number of aliphatic imine (C=N–C) groups is 1. The maximum atomic E-state index is 5.89. The molecule has 114 valence electrons. The number of hydrogen-bond donors (Lipinski definition) is 2. The van der Waals surface area contributed by atoms with Gasteiger partial charge in [0, 0.05) is 11.6 Å². The molecule has 6 heteroatoms. The summed E-state index contributed by atoms with van der Waals surface area (Å²) in [6, 6.07) is 7.33. The van der Waals surface area contributed by atoms with Crippen molar-refractivity contribution in [3.8, 4) is 5.75 Å². The maximum Gasteiger partial charge on any atom is 0.188 e. The Hall–Kier alpha value is -0.690. The molecule has 0 fully saturated rings. The second kappa shape index (κ2) is 10.1. The fourth-order valence-electron chi connectivity index (χ4n) is 1.40. The normalized spacial score (nSPS) is 12.8. The van der Waals surface area contributed by atoms with Crippen molar-refractivity contribution < 1.29 is 4.74 Å². The number of nitrogens with two attached hydrogens (primary N) is 1. The van der Waals surface area contributed by atoms with E-state index in [2.05, 4.69) is 24.2 Å². The van der Waals surface area contributed by atoms with Crippen LogP contribution in [0, 0.1) is 5.92 Å². The van der Waals surface area contributed by atoms with Gasteiger partial charge in [-0.1, -0.05) is 31.5 Å². The molecule has 0 saturated heterocycles. The average Bonchev–Trinajstić information content (AvgIpc) is 2.34. The molecule has 4 nitrogen and oxygen atoms in total. The molecule has 1 aromatic carbocycles. The average molecular weight is 412 g/mol. The molecule has 0 aliphatic heterocycles. The van der Waals surface area contributed by atoms with E-state index in [0.717, 1.165) is 12.3 Å². The maximum absolute atomic E-state index is 5.89. The van der Waals surface area contributed by atoms with E-state index >= 15 is 0 Å². The van der Waals surface area contributed by atoms with Crippen molar-refractivity contribution in [1.82, 2.24) is 5.32 Å². The molecule has 0 saturated carbocycles. The predicted molar refractivity (Wildman–Crippen MR) is 96.3 cm³/mol. The quantitative estimate of drug-likeness (QED) is 0.429. The summed E-state index contributed by atoms with van der Waals surface area (Å²) in [5, 5.41) is 3.71. The van der Waals surface area contributed by atoms with Crippen molar-refractivity contribution in [3.63, 3.8) is 0 Å². The molecule has 0 aliphatic rings. The summed E-state index contributed by atoms with van der Waals surface area (Å²) in [5.41, 5.74) is 5.75. The van der Waals surface area contributed by atoms with E-state index in [1.807, 2.05) is 25.1 Å². The molecular weight excluding hydrogens is 389 g/mol. The minimum Gasteiger partial charge on any atom is -0.489 e. The molecule has 0 aromatic heterocycles. The Morgan fingerprint density at radius 3 is 2.70 bits per heavy atom. The van der Waals surface area contributed by atoms with Gasteiger partial charge in [0.1, 0.15) is 11.9 Å². The number of halogens is 2. The Bertz CT molecular complexity index is 427. The Morgan fingerprint density at radius 2 is 2.10 bits per heavy atom. The fraction of sp³-hybridized carbons (Fsp3) is 0.500. The van der Waals surface area contributed by atoms with E-state index in [0.29, 0.717) is 23.4 Å². The lowest BCUT2D eigenvalue weighted by Gasteiger charge is -2.16. The standard InChI is InChI=1S/C14H22ClN3O.HI/c1-10(2)8-17-14(16)18-9-11(3)19-13-6-4-5-12(15)7-13;/h4-7,10-11H,8-9H2,1-3H3,(H3,16,17,18);1H. The summed E-state index contributed by atoms with van der Waals surface area (Å²) >= 11 is 5.89. The van der Waals surface area contributed by atoms with Crippen molar-refractivity contribution in [1.29, 1.82) is 0 Å². The van der Waals surface area contributed by atoms with E-state index < -0.39 is 0 Å². The smallest absolute Gasteiger partial charge is 0.188 e. The van der Waals surface area contributed by atoms with Crippen LogP contribution in [0.4, 0.5) is 0 Å². The highest BCUT2D eigenvalue weighted by Crippen LogP contribution is 2.18. The molecule has 0 heterocycles. The monoisotopic (exact) mass is 411 g/mol. The van der Waals surface area contributed by atoms with Crippen molar-refractivity contribution in [2.24, 2.45) is 16.6 Å². The molecule has 0 radical (unpaired) electrons. The Kier molecular flexibility index (Phi) is 9.75. The van der Waals surface area contributed by atoms with Gasteiger partial charge >= 0.3 is 0 Å². The molecule has 0 bridgehead atoms. The van der Waals surface area contributed by atoms with Gasteiger partial charge < -0.3 is 15.8 Å². The number of ether oxygens (including phenoxy) is 1. The lowest BCUT2D eigenvalue weighted by atomic mass is 10.2. The molecule has 0 amide bonds.